The molecule has 0 N–H and O–H groups in total. The molecule has 5 heteroatoms. The zero-order valence-corrected chi connectivity index (χ0v) is 18.2. The Bertz CT molecular complexity index is 1010. The molecule has 0 aromatic heterocycles. The summed E-state index contributed by atoms with van der Waals surface area (Å²) in [5, 5.41) is 0.616. The lowest BCUT2D eigenvalue weighted by atomic mass is 9.69. The van der Waals surface area contributed by atoms with Gasteiger partial charge in [0.05, 0.1) is 0 Å². The van der Waals surface area contributed by atoms with Gasteiger partial charge in [-0.2, -0.15) is 0 Å². The largest absolute Gasteiger partial charge is 0.294 e. The summed E-state index contributed by atoms with van der Waals surface area (Å²) < 4.78 is 0.901. The maximum absolute atomic E-state index is 13.3. The van der Waals surface area contributed by atoms with E-state index < -0.39 is 0 Å². The molecule has 0 fully saturated rings. The Labute approximate surface area is 178 Å². The molecule has 1 atom stereocenters. The van der Waals surface area contributed by atoms with Crippen LogP contribution in [-0.4, -0.2) is 11.7 Å². The molecule has 0 radical (unpaired) electrons. The van der Waals surface area contributed by atoms with Gasteiger partial charge < -0.3 is 0 Å². The highest BCUT2D eigenvalue weighted by Gasteiger charge is 2.44. The van der Waals surface area contributed by atoms with Gasteiger partial charge in [-0.15, -0.1) is 0 Å². The Balaban J connectivity index is 1.91. The van der Waals surface area contributed by atoms with Crippen LogP contribution in [0, 0.1) is 5.41 Å². The summed E-state index contributed by atoms with van der Waals surface area (Å²) in [7, 11) is 0. The van der Waals surface area contributed by atoms with E-state index in [9.17, 15) is 9.59 Å². The fourth-order valence-corrected chi connectivity index (χ4v) is 4.92. The fraction of sp³-hybridized carbons (Fsp3) is 0.304. The molecule has 0 saturated heterocycles. The first-order chi connectivity index (χ1) is 13.2. The Morgan fingerprint density at radius 2 is 1.82 bits per heavy atom. The normalized spacial score (nSPS) is 21.7. The second-order valence-corrected chi connectivity index (χ2v) is 9.67. The van der Waals surface area contributed by atoms with Crippen molar-refractivity contribution in [3.8, 4) is 0 Å². The first kappa shape index (κ1) is 19.4. The van der Waals surface area contributed by atoms with Gasteiger partial charge in [-0.3, -0.25) is 14.5 Å². The van der Waals surface area contributed by atoms with Gasteiger partial charge in [0, 0.05) is 45.2 Å². The quantitative estimate of drug-likeness (QED) is 0.532. The molecule has 2 aliphatic rings. The molecule has 1 aliphatic carbocycles. The Kier molecular flexibility index (Phi) is 4.96. The van der Waals surface area contributed by atoms with Crippen molar-refractivity contribution in [2.75, 3.05) is 4.90 Å². The molecular weight excluding hydrogens is 438 g/mol. The van der Waals surface area contributed by atoms with Crippen LogP contribution in [0.5, 0.6) is 0 Å². The number of allylic oxidation sites excluding steroid dienone is 2. The van der Waals surface area contributed by atoms with Crippen molar-refractivity contribution in [3.05, 3.63) is 74.9 Å². The van der Waals surface area contributed by atoms with Crippen molar-refractivity contribution < 1.29 is 9.59 Å². The van der Waals surface area contributed by atoms with Crippen LogP contribution in [0.15, 0.2) is 64.3 Å². The summed E-state index contributed by atoms with van der Waals surface area (Å²) in [6, 6.07) is 15.2. The second kappa shape index (κ2) is 7.16. The number of benzene rings is 2. The van der Waals surface area contributed by atoms with Crippen LogP contribution < -0.4 is 4.90 Å². The Morgan fingerprint density at radius 3 is 2.54 bits per heavy atom. The van der Waals surface area contributed by atoms with Crippen LogP contribution in [0.3, 0.4) is 0 Å². The van der Waals surface area contributed by atoms with Gasteiger partial charge in [-0.25, -0.2) is 0 Å². The minimum absolute atomic E-state index is 0.00678. The summed E-state index contributed by atoms with van der Waals surface area (Å²) in [5.41, 5.74) is 3.13. The third-order valence-corrected chi connectivity index (χ3v) is 6.19. The molecule has 1 aliphatic heterocycles. The minimum atomic E-state index is -0.242. The summed E-state index contributed by atoms with van der Waals surface area (Å²) >= 11 is 9.69. The summed E-state index contributed by atoms with van der Waals surface area (Å²) in [6.07, 6.45) is 1.44. The molecule has 4 rings (SSSR count). The number of rotatable bonds is 2. The van der Waals surface area contributed by atoms with Crippen molar-refractivity contribution >= 4 is 44.9 Å². The van der Waals surface area contributed by atoms with Crippen LogP contribution in [-0.2, 0) is 9.59 Å². The molecule has 144 valence electrons. The Morgan fingerprint density at radius 1 is 1.07 bits per heavy atom. The number of hydrogen-bond donors (Lipinski definition) is 0. The number of amides is 1. The lowest BCUT2D eigenvalue weighted by molar-refractivity contribution is -0.121. The number of carbonyl (C=O) groups excluding carboxylic acids is 2. The van der Waals surface area contributed by atoms with Crippen molar-refractivity contribution in [1.29, 1.82) is 0 Å². The van der Waals surface area contributed by atoms with Gasteiger partial charge in [-0.05, 0) is 47.7 Å². The van der Waals surface area contributed by atoms with Crippen LogP contribution in [0.2, 0.25) is 5.02 Å². The molecule has 1 amide bonds. The molecule has 3 nitrogen and oxygen atoms in total. The van der Waals surface area contributed by atoms with Gasteiger partial charge in [-0.1, -0.05) is 59.6 Å². The van der Waals surface area contributed by atoms with Crippen molar-refractivity contribution in [1.82, 2.24) is 0 Å². The van der Waals surface area contributed by atoms with E-state index in [0.29, 0.717) is 17.9 Å². The van der Waals surface area contributed by atoms with Gasteiger partial charge in [0.25, 0.3) is 0 Å². The number of halogens is 2. The number of carbonyl (C=O) groups is 2. The summed E-state index contributed by atoms with van der Waals surface area (Å²) in [4.78, 5) is 28.3. The molecule has 0 saturated carbocycles. The van der Waals surface area contributed by atoms with Crippen LogP contribution in [0.4, 0.5) is 5.69 Å². The van der Waals surface area contributed by atoms with E-state index in [1.54, 1.807) is 4.90 Å². The zero-order chi connectivity index (χ0) is 20.1. The van der Waals surface area contributed by atoms with E-state index in [2.05, 4.69) is 29.8 Å². The molecule has 1 unspecified atom stereocenters. The molecule has 2 aromatic rings. The minimum Gasteiger partial charge on any atom is -0.294 e. The summed E-state index contributed by atoms with van der Waals surface area (Å²) in [5.74, 6) is -0.107. The Hall–Kier alpha value is -1.91. The first-order valence-corrected chi connectivity index (χ1v) is 10.5. The van der Waals surface area contributed by atoms with E-state index in [-0.39, 0.29) is 29.4 Å². The zero-order valence-electron chi connectivity index (χ0n) is 15.8. The fourth-order valence-electron chi connectivity index (χ4n) is 4.34. The van der Waals surface area contributed by atoms with E-state index in [0.717, 1.165) is 27.0 Å². The molecular formula is C23H21BrClNO2. The van der Waals surface area contributed by atoms with Crippen LogP contribution in [0.1, 0.15) is 44.6 Å². The van der Waals surface area contributed by atoms with Crippen molar-refractivity contribution in [2.24, 2.45) is 5.41 Å². The standard InChI is InChI=1S/C23H21BrClNO2/c1-23(2)12-19-22(20(27)13-23)18(14-5-3-7-16(25)9-14)11-21(28)26(19)17-8-4-6-15(24)10-17/h3-10,18H,11-13H2,1-2H3. The van der Waals surface area contributed by atoms with Gasteiger partial charge in [0.2, 0.25) is 5.91 Å². The lowest BCUT2D eigenvalue weighted by Crippen LogP contribution is -2.43. The van der Waals surface area contributed by atoms with Gasteiger partial charge in [0.15, 0.2) is 5.78 Å². The topological polar surface area (TPSA) is 37.4 Å². The highest BCUT2D eigenvalue weighted by molar-refractivity contribution is 9.10. The van der Waals surface area contributed by atoms with Crippen molar-refractivity contribution in [3.63, 3.8) is 0 Å². The third kappa shape index (κ3) is 3.56. The molecule has 2 aromatic carbocycles. The monoisotopic (exact) mass is 457 g/mol. The molecule has 1 heterocycles. The predicted molar refractivity (Wildman–Crippen MR) is 115 cm³/mol. The van der Waals surface area contributed by atoms with E-state index in [4.69, 9.17) is 11.6 Å². The van der Waals surface area contributed by atoms with Crippen LogP contribution >= 0.6 is 27.5 Å². The maximum Gasteiger partial charge on any atom is 0.232 e. The smallest absolute Gasteiger partial charge is 0.232 e. The average molecular weight is 459 g/mol. The predicted octanol–water partition coefficient (Wildman–Crippen LogP) is 6.27. The lowest BCUT2D eigenvalue weighted by Gasteiger charge is -2.43. The molecule has 28 heavy (non-hydrogen) atoms. The van der Waals surface area contributed by atoms with E-state index in [1.165, 1.54) is 0 Å². The highest BCUT2D eigenvalue weighted by atomic mass is 79.9. The average Bonchev–Trinajstić information content (AvgIpc) is 2.59. The molecule has 0 spiro atoms. The van der Waals surface area contributed by atoms with Crippen LogP contribution in [0.25, 0.3) is 0 Å². The number of Topliss-reactive ketones (excluding diaryl/α,β-unsaturated/α-hetero) is 1. The third-order valence-electron chi connectivity index (χ3n) is 5.46. The SMILES string of the molecule is CC1(C)CC(=O)C2=C(C1)N(c1cccc(Br)c1)C(=O)CC2c1cccc(Cl)c1. The van der Waals surface area contributed by atoms with Crippen molar-refractivity contribution in [2.45, 2.75) is 39.0 Å². The summed E-state index contributed by atoms with van der Waals surface area (Å²) in [6.45, 7) is 4.17. The molecule has 0 bridgehead atoms. The number of ketones is 1. The number of hydrogen-bond acceptors (Lipinski definition) is 2. The van der Waals surface area contributed by atoms with Gasteiger partial charge in [0.1, 0.15) is 0 Å². The maximum atomic E-state index is 13.3. The van der Waals surface area contributed by atoms with E-state index >= 15 is 0 Å². The van der Waals surface area contributed by atoms with Gasteiger partial charge >= 0.3 is 0 Å². The number of nitrogens with zero attached hydrogens (tertiary/aromatic N) is 1. The first-order valence-electron chi connectivity index (χ1n) is 9.35. The second-order valence-electron chi connectivity index (χ2n) is 8.32. The van der Waals surface area contributed by atoms with E-state index in [1.807, 2.05) is 48.5 Å². The number of anilines is 1. The highest BCUT2D eigenvalue weighted by Crippen LogP contribution is 2.48.